The number of halogens is 1. The van der Waals surface area contributed by atoms with E-state index in [1.807, 2.05) is 0 Å². The minimum atomic E-state index is -3.93. The Morgan fingerprint density at radius 1 is 1.50 bits per heavy atom. The van der Waals surface area contributed by atoms with Crippen LogP contribution in [0.4, 0.5) is 0 Å². The van der Waals surface area contributed by atoms with Gasteiger partial charge in [-0.2, -0.15) is 4.31 Å². The number of aromatic carboxylic acids is 1. The Balaban J connectivity index is 3.20. The Hall–Kier alpha value is -0.970. The third kappa shape index (κ3) is 3.57. The summed E-state index contributed by atoms with van der Waals surface area (Å²) in [5.41, 5.74) is 0. The van der Waals surface area contributed by atoms with Gasteiger partial charge in [0.25, 0.3) is 0 Å². The molecule has 0 aliphatic rings. The smallest absolute Gasteiger partial charge is 0.345 e. The molecule has 0 radical (unpaired) electrons. The molecule has 0 aliphatic heterocycles. The van der Waals surface area contributed by atoms with Gasteiger partial charge in [0.05, 0.1) is 10.3 Å². The Bertz CT molecular complexity index is 626. The third-order valence-corrected chi connectivity index (χ3v) is 6.60. The molecular weight excluding hydrogens is 372 g/mol. The monoisotopic (exact) mass is 384 g/mol. The molecule has 0 unspecified atom stereocenters. The zero-order valence-corrected chi connectivity index (χ0v) is 13.9. The quantitative estimate of drug-likeness (QED) is 0.760. The van der Waals surface area contributed by atoms with Crippen LogP contribution in [0.1, 0.15) is 16.6 Å². The topological polar surface area (TPSA) is 104 Å². The van der Waals surface area contributed by atoms with Crippen LogP contribution in [0.25, 0.3) is 0 Å². The highest BCUT2D eigenvalue weighted by atomic mass is 79.9. The highest BCUT2D eigenvalue weighted by Gasteiger charge is 2.29. The molecule has 0 atom stereocenters. The first kappa shape index (κ1) is 17.1. The first-order valence-corrected chi connectivity index (χ1v) is 8.52. The molecule has 20 heavy (non-hydrogen) atoms. The van der Waals surface area contributed by atoms with Gasteiger partial charge in [0.2, 0.25) is 15.9 Å². The van der Waals surface area contributed by atoms with Gasteiger partial charge in [-0.05, 0) is 22.0 Å². The zero-order chi connectivity index (χ0) is 15.5. The summed E-state index contributed by atoms with van der Waals surface area (Å²) in [6, 6.07) is 1.08. The minimum Gasteiger partial charge on any atom is -0.477 e. The molecule has 112 valence electrons. The SMILES string of the molecule is CCN(CC(=O)NC)S(=O)(=O)c1cc(C(=O)O)sc1Br. The normalized spacial score (nSPS) is 11.6. The summed E-state index contributed by atoms with van der Waals surface area (Å²) in [7, 11) is -2.52. The van der Waals surface area contributed by atoms with Crippen molar-refractivity contribution in [2.45, 2.75) is 11.8 Å². The summed E-state index contributed by atoms with van der Waals surface area (Å²) >= 11 is 3.86. The average Bonchev–Trinajstić information content (AvgIpc) is 2.78. The van der Waals surface area contributed by atoms with Crippen molar-refractivity contribution in [3.63, 3.8) is 0 Å². The van der Waals surface area contributed by atoms with Gasteiger partial charge in [-0.15, -0.1) is 11.3 Å². The lowest BCUT2D eigenvalue weighted by Crippen LogP contribution is -2.39. The second-order valence-electron chi connectivity index (χ2n) is 3.66. The molecule has 0 fully saturated rings. The van der Waals surface area contributed by atoms with Crippen LogP contribution in [0.2, 0.25) is 0 Å². The fourth-order valence-corrected chi connectivity index (χ4v) is 5.14. The van der Waals surface area contributed by atoms with Gasteiger partial charge >= 0.3 is 5.97 Å². The lowest BCUT2D eigenvalue weighted by molar-refractivity contribution is -0.120. The van der Waals surface area contributed by atoms with Gasteiger partial charge in [-0.3, -0.25) is 4.79 Å². The number of carboxylic acid groups (broad SMARTS) is 1. The Kier molecular flexibility index (Phi) is 5.68. The molecule has 1 amide bonds. The molecule has 0 aliphatic carbocycles. The summed E-state index contributed by atoms with van der Waals surface area (Å²) in [6.07, 6.45) is 0. The molecule has 7 nitrogen and oxygen atoms in total. The number of sulfonamides is 1. The van der Waals surface area contributed by atoms with Gasteiger partial charge in [0, 0.05) is 13.6 Å². The average molecular weight is 385 g/mol. The Labute approximate surface area is 128 Å². The molecule has 0 saturated heterocycles. The van der Waals surface area contributed by atoms with E-state index in [0.717, 1.165) is 21.7 Å². The predicted molar refractivity (Wildman–Crippen MR) is 77.5 cm³/mol. The summed E-state index contributed by atoms with van der Waals surface area (Å²) in [6.45, 7) is 1.37. The molecule has 1 aromatic heterocycles. The number of nitrogens with one attached hydrogen (secondary N) is 1. The molecule has 0 bridgehead atoms. The van der Waals surface area contributed by atoms with Crippen LogP contribution >= 0.6 is 27.3 Å². The van der Waals surface area contributed by atoms with Crippen molar-refractivity contribution in [3.05, 3.63) is 14.7 Å². The molecule has 0 saturated carbocycles. The van der Waals surface area contributed by atoms with E-state index in [0.29, 0.717) is 0 Å². The van der Waals surface area contributed by atoms with Gasteiger partial charge in [0.1, 0.15) is 9.77 Å². The maximum absolute atomic E-state index is 12.4. The van der Waals surface area contributed by atoms with Crippen LogP contribution in [0, 0.1) is 0 Å². The van der Waals surface area contributed by atoms with Gasteiger partial charge in [-0.25, -0.2) is 13.2 Å². The second-order valence-corrected chi connectivity index (χ2v) is 7.93. The molecule has 0 aromatic carbocycles. The number of hydrogen-bond acceptors (Lipinski definition) is 5. The van der Waals surface area contributed by atoms with E-state index >= 15 is 0 Å². The second kappa shape index (κ2) is 6.66. The van der Waals surface area contributed by atoms with Crippen molar-refractivity contribution >= 4 is 49.2 Å². The van der Waals surface area contributed by atoms with Crippen LogP contribution in [0.5, 0.6) is 0 Å². The number of thiophene rings is 1. The van der Waals surface area contributed by atoms with E-state index in [9.17, 15) is 18.0 Å². The summed E-state index contributed by atoms with van der Waals surface area (Å²) in [5, 5.41) is 11.2. The summed E-state index contributed by atoms with van der Waals surface area (Å²) < 4.78 is 26.0. The molecular formula is C10H13BrN2O5S2. The maximum atomic E-state index is 12.4. The zero-order valence-electron chi connectivity index (χ0n) is 10.7. The van der Waals surface area contributed by atoms with Crippen molar-refractivity contribution in [2.75, 3.05) is 20.1 Å². The lowest BCUT2D eigenvalue weighted by Gasteiger charge is -2.19. The first-order chi connectivity index (χ1) is 9.23. The van der Waals surface area contributed by atoms with Crippen LogP contribution in [-0.2, 0) is 14.8 Å². The van der Waals surface area contributed by atoms with Crippen LogP contribution in [0.15, 0.2) is 14.7 Å². The highest BCUT2D eigenvalue weighted by Crippen LogP contribution is 2.33. The molecule has 0 spiro atoms. The first-order valence-electron chi connectivity index (χ1n) is 5.47. The third-order valence-electron chi connectivity index (χ3n) is 2.44. The van der Waals surface area contributed by atoms with Gasteiger partial charge < -0.3 is 10.4 Å². The summed E-state index contributed by atoms with van der Waals surface area (Å²) in [4.78, 5) is 22.0. The van der Waals surface area contributed by atoms with Crippen LogP contribution in [0.3, 0.4) is 0 Å². The largest absolute Gasteiger partial charge is 0.477 e. The fraction of sp³-hybridized carbons (Fsp3) is 0.400. The number of nitrogens with zero attached hydrogens (tertiary/aromatic N) is 1. The van der Waals surface area contributed by atoms with Crippen molar-refractivity contribution in [2.24, 2.45) is 0 Å². The molecule has 1 heterocycles. The molecule has 1 aromatic rings. The van der Waals surface area contributed by atoms with Crippen molar-refractivity contribution in [1.29, 1.82) is 0 Å². The number of amides is 1. The van der Waals surface area contributed by atoms with Crippen LogP contribution in [-0.4, -0.2) is 49.8 Å². The van der Waals surface area contributed by atoms with E-state index < -0.39 is 21.9 Å². The minimum absolute atomic E-state index is 0.0913. The van der Waals surface area contributed by atoms with Crippen LogP contribution < -0.4 is 5.32 Å². The molecule has 2 N–H and O–H groups in total. The van der Waals surface area contributed by atoms with E-state index in [-0.39, 0.29) is 26.6 Å². The Morgan fingerprint density at radius 3 is 2.50 bits per heavy atom. The summed E-state index contributed by atoms with van der Waals surface area (Å²) in [5.74, 6) is -1.65. The number of hydrogen-bond donors (Lipinski definition) is 2. The van der Waals surface area contributed by atoms with Gasteiger partial charge in [0.15, 0.2) is 0 Å². The number of rotatable bonds is 6. The molecule has 1 rings (SSSR count). The van der Waals surface area contributed by atoms with Crippen molar-refractivity contribution in [1.82, 2.24) is 9.62 Å². The molecule has 10 heteroatoms. The number of carboxylic acids is 1. The number of likely N-dealkylation sites (N-methyl/N-ethyl adjacent to an activating group) is 2. The maximum Gasteiger partial charge on any atom is 0.345 e. The van der Waals surface area contributed by atoms with Crippen molar-refractivity contribution < 1.29 is 23.1 Å². The van der Waals surface area contributed by atoms with Crippen molar-refractivity contribution in [3.8, 4) is 0 Å². The highest BCUT2D eigenvalue weighted by molar-refractivity contribution is 9.11. The van der Waals surface area contributed by atoms with E-state index in [2.05, 4.69) is 21.2 Å². The predicted octanol–water partition coefficient (Wildman–Crippen LogP) is 0.965. The number of carbonyl (C=O) groups is 2. The van der Waals surface area contributed by atoms with E-state index in [1.165, 1.54) is 7.05 Å². The van der Waals surface area contributed by atoms with E-state index in [4.69, 9.17) is 5.11 Å². The standard InChI is InChI=1S/C10H13BrN2O5S2/c1-3-13(5-8(14)12-2)20(17,18)7-4-6(10(15)16)19-9(7)11/h4H,3,5H2,1-2H3,(H,12,14)(H,15,16). The fourth-order valence-electron chi connectivity index (χ4n) is 1.38. The van der Waals surface area contributed by atoms with Gasteiger partial charge in [-0.1, -0.05) is 6.92 Å². The lowest BCUT2D eigenvalue weighted by atomic mass is 10.5. The Morgan fingerprint density at radius 2 is 2.10 bits per heavy atom. The van der Waals surface area contributed by atoms with E-state index in [1.54, 1.807) is 6.92 Å². The number of carbonyl (C=O) groups excluding carboxylic acids is 1.